The third-order valence-corrected chi connectivity index (χ3v) is 3.34. The molecule has 0 aromatic heterocycles. The molecule has 100 valence electrons. The van der Waals surface area contributed by atoms with Gasteiger partial charge in [0.05, 0.1) is 18.8 Å². The Balaban J connectivity index is 2.56. The van der Waals surface area contributed by atoms with Gasteiger partial charge in [0.1, 0.15) is 5.75 Å². The first-order chi connectivity index (χ1) is 9.65. The molecule has 0 N–H and O–H groups in total. The molecule has 2 aromatic rings. The number of methoxy groups -OCH3 is 1. The van der Waals surface area contributed by atoms with Crippen LogP contribution in [0.5, 0.6) is 5.75 Å². The summed E-state index contributed by atoms with van der Waals surface area (Å²) in [6.07, 6.45) is 1.71. The number of rotatable bonds is 3. The molecule has 20 heavy (non-hydrogen) atoms. The van der Waals surface area contributed by atoms with E-state index >= 15 is 0 Å². The van der Waals surface area contributed by atoms with Gasteiger partial charge in [0.25, 0.3) is 0 Å². The van der Waals surface area contributed by atoms with Gasteiger partial charge in [0.15, 0.2) is 0 Å². The number of allylic oxidation sites excluding steroid dienone is 1. The van der Waals surface area contributed by atoms with Crippen LogP contribution in [0.3, 0.4) is 0 Å². The molecule has 0 aliphatic rings. The fourth-order valence-corrected chi connectivity index (χ4v) is 2.24. The Bertz CT molecular complexity index is 702. The van der Waals surface area contributed by atoms with Gasteiger partial charge in [-0.1, -0.05) is 41.4 Å². The van der Waals surface area contributed by atoms with Crippen LogP contribution in [0.4, 0.5) is 0 Å². The number of nitriles is 1. The lowest BCUT2D eigenvalue weighted by molar-refractivity contribution is 0.414. The SMILES string of the molecule is COc1ccc(Cl)cc1C=C(C#N)c1ccccc1Cl. The molecule has 0 spiro atoms. The zero-order chi connectivity index (χ0) is 14.5. The molecule has 0 fully saturated rings. The minimum Gasteiger partial charge on any atom is -0.496 e. The fourth-order valence-electron chi connectivity index (χ4n) is 1.82. The summed E-state index contributed by atoms with van der Waals surface area (Å²) in [6, 6.07) is 14.6. The monoisotopic (exact) mass is 303 g/mol. The smallest absolute Gasteiger partial charge is 0.126 e. The minimum atomic E-state index is 0.455. The highest BCUT2D eigenvalue weighted by Gasteiger charge is 2.08. The van der Waals surface area contributed by atoms with Crippen molar-refractivity contribution in [3.63, 3.8) is 0 Å². The molecule has 4 heteroatoms. The van der Waals surface area contributed by atoms with Gasteiger partial charge in [0, 0.05) is 21.2 Å². The topological polar surface area (TPSA) is 33.0 Å². The van der Waals surface area contributed by atoms with Crippen molar-refractivity contribution in [1.29, 1.82) is 5.26 Å². The Morgan fingerprint density at radius 1 is 1.20 bits per heavy atom. The highest BCUT2D eigenvalue weighted by atomic mass is 35.5. The van der Waals surface area contributed by atoms with Crippen molar-refractivity contribution in [3.8, 4) is 11.8 Å². The molecule has 0 unspecified atom stereocenters. The van der Waals surface area contributed by atoms with Crippen molar-refractivity contribution < 1.29 is 4.74 Å². The fraction of sp³-hybridized carbons (Fsp3) is 0.0625. The lowest BCUT2D eigenvalue weighted by atomic mass is 10.0. The number of hydrogen-bond donors (Lipinski definition) is 0. The lowest BCUT2D eigenvalue weighted by Gasteiger charge is -2.07. The third-order valence-electron chi connectivity index (χ3n) is 2.78. The number of halogens is 2. The van der Waals surface area contributed by atoms with E-state index in [2.05, 4.69) is 6.07 Å². The number of hydrogen-bond acceptors (Lipinski definition) is 2. The Kier molecular flexibility index (Phi) is 4.68. The van der Waals surface area contributed by atoms with Crippen molar-refractivity contribution in [2.75, 3.05) is 7.11 Å². The van der Waals surface area contributed by atoms with Crippen molar-refractivity contribution in [3.05, 3.63) is 63.6 Å². The molecule has 0 aliphatic carbocycles. The van der Waals surface area contributed by atoms with E-state index in [1.54, 1.807) is 43.5 Å². The summed E-state index contributed by atoms with van der Waals surface area (Å²) >= 11 is 12.1. The Morgan fingerprint density at radius 3 is 2.60 bits per heavy atom. The largest absolute Gasteiger partial charge is 0.496 e. The molecule has 0 amide bonds. The van der Waals surface area contributed by atoms with Crippen LogP contribution in [-0.2, 0) is 0 Å². The van der Waals surface area contributed by atoms with Crippen molar-refractivity contribution in [2.24, 2.45) is 0 Å². The lowest BCUT2D eigenvalue weighted by Crippen LogP contribution is -1.89. The zero-order valence-electron chi connectivity index (χ0n) is 10.7. The summed E-state index contributed by atoms with van der Waals surface area (Å²) in [5, 5.41) is 10.5. The van der Waals surface area contributed by atoms with Crippen molar-refractivity contribution in [2.45, 2.75) is 0 Å². The standard InChI is InChI=1S/C16H11Cl2NO/c1-20-16-7-6-13(17)9-11(16)8-12(10-19)14-4-2-3-5-15(14)18/h2-9H,1H3. The van der Waals surface area contributed by atoms with Crippen LogP contribution in [0.1, 0.15) is 11.1 Å². The Labute approximate surface area is 127 Å². The van der Waals surface area contributed by atoms with E-state index in [0.29, 0.717) is 26.9 Å². The molecular weight excluding hydrogens is 293 g/mol. The summed E-state index contributed by atoms with van der Waals surface area (Å²) < 4.78 is 5.27. The molecule has 2 rings (SSSR count). The summed E-state index contributed by atoms with van der Waals surface area (Å²) in [5.41, 5.74) is 1.87. The maximum absolute atomic E-state index is 9.35. The van der Waals surface area contributed by atoms with E-state index in [0.717, 1.165) is 5.56 Å². The molecule has 2 nitrogen and oxygen atoms in total. The van der Waals surface area contributed by atoms with Crippen LogP contribution in [0.15, 0.2) is 42.5 Å². The number of ether oxygens (including phenoxy) is 1. The maximum Gasteiger partial charge on any atom is 0.126 e. The first-order valence-electron chi connectivity index (χ1n) is 5.86. The molecule has 2 aromatic carbocycles. The number of benzene rings is 2. The summed E-state index contributed by atoms with van der Waals surface area (Å²) in [6.45, 7) is 0. The summed E-state index contributed by atoms with van der Waals surface area (Å²) in [5.74, 6) is 0.647. The highest BCUT2D eigenvalue weighted by Crippen LogP contribution is 2.29. The Morgan fingerprint density at radius 2 is 1.95 bits per heavy atom. The van der Waals surface area contributed by atoms with Crippen LogP contribution < -0.4 is 4.74 Å². The molecule has 0 saturated carbocycles. The van der Waals surface area contributed by atoms with Crippen molar-refractivity contribution in [1.82, 2.24) is 0 Å². The van der Waals surface area contributed by atoms with E-state index in [-0.39, 0.29) is 0 Å². The van der Waals surface area contributed by atoms with Crippen LogP contribution in [0.25, 0.3) is 11.6 Å². The van der Waals surface area contributed by atoms with Gasteiger partial charge in [-0.25, -0.2) is 0 Å². The van der Waals surface area contributed by atoms with E-state index in [1.807, 2.05) is 12.1 Å². The van der Waals surface area contributed by atoms with E-state index in [1.165, 1.54) is 0 Å². The first-order valence-corrected chi connectivity index (χ1v) is 6.61. The molecule has 0 radical (unpaired) electrons. The van der Waals surface area contributed by atoms with Gasteiger partial charge in [-0.2, -0.15) is 5.26 Å². The average Bonchev–Trinajstić information content (AvgIpc) is 2.46. The second kappa shape index (κ2) is 6.47. The zero-order valence-corrected chi connectivity index (χ0v) is 12.2. The van der Waals surface area contributed by atoms with Gasteiger partial charge >= 0.3 is 0 Å². The third kappa shape index (κ3) is 3.14. The predicted molar refractivity (Wildman–Crippen MR) is 82.9 cm³/mol. The van der Waals surface area contributed by atoms with Gasteiger partial charge in [-0.05, 0) is 30.3 Å². The summed E-state index contributed by atoms with van der Waals surface area (Å²) in [7, 11) is 1.57. The van der Waals surface area contributed by atoms with Gasteiger partial charge in [-0.3, -0.25) is 0 Å². The summed E-state index contributed by atoms with van der Waals surface area (Å²) in [4.78, 5) is 0. The van der Waals surface area contributed by atoms with Crippen LogP contribution >= 0.6 is 23.2 Å². The maximum atomic E-state index is 9.35. The number of nitrogens with zero attached hydrogens (tertiary/aromatic N) is 1. The average molecular weight is 304 g/mol. The van der Waals surface area contributed by atoms with Gasteiger partial charge < -0.3 is 4.74 Å². The quantitative estimate of drug-likeness (QED) is 0.586. The second-order valence-corrected chi connectivity index (χ2v) is 4.88. The van der Waals surface area contributed by atoms with E-state index in [9.17, 15) is 5.26 Å². The van der Waals surface area contributed by atoms with E-state index < -0.39 is 0 Å². The van der Waals surface area contributed by atoms with Crippen LogP contribution in [0, 0.1) is 11.3 Å². The highest BCUT2D eigenvalue weighted by molar-refractivity contribution is 6.33. The Hall–Kier alpha value is -1.95. The van der Waals surface area contributed by atoms with Crippen molar-refractivity contribution >= 4 is 34.9 Å². The molecule has 0 saturated heterocycles. The molecule has 0 aliphatic heterocycles. The van der Waals surface area contributed by atoms with E-state index in [4.69, 9.17) is 27.9 Å². The molecule has 0 atom stereocenters. The van der Waals surface area contributed by atoms with Crippen LogP contribution in [0.2, 0.25) is 10.0 Å². The van der Waals surface area contributed by atoms with Gasteiger partial charge in [0.2, 0.25) is 0 Å². The van der Waals surface area contributed by atoms with Gasteiger partial charge in [-0.15, -0.1) is 0 Å². The first kappa shape index (κ1) is 14.5. The molecular formula is C16H11Cl2NO. The minimum absolute atomic E-state index is 0.455. The second-order valence-electron chi connectivity index (χ2n) is 4.04. The predicted octanol–water partition coefficient (Wildman–Crippen LogP) is 5.07. The molecule has 0 bridgehead atoms. The normalized spacial score (nSPS) is 11.0. The van der Waals surface area contributed by atoms with Crippen LogP contribution in [-0.4, -0.2) is 7.11 Å². The molecule has 0 heterocycles.